The highest BCUT2D eigenvalue weighted by Crippen LogP contribution is 2.33. The number of allylic oxidation sites excluding steroid dienone is 1. The average molecular weight is 439 g/mol. The van der Waals surface area contributed by atoms with E-state index in [0.29, 0.717) is 25.1 Å². The lowest BCUT2D eigenvalue weighted by molar-refractivity contribution is -0.128. The summed E-state index contributed by atoms with van der Waals surface area (Å²) in [5.74, 6) is -0.526. The Balaban J connectivity index is 1.53. The lowest BCUT2D eigenvalue weighted by atomic mass is 9.98. The van der Waals surface area contributed by atoms with Crippen molar-refractivity contribution in [3.8, 4) is 0 Å². The van der Waals surface area contributed by atoms with Gasteiger partial charge in [-0.15, -0.1) is 0 Å². The quantitative estimate of drug-likeness (QED) is 0.363. The number of ether oxygens (including phenoxy) is 1. The van der Waals surface area contributed by atoms with Crippen molar-refractivity contribution in [1.82, 2.24) is 10.6 Å². The largest absolute Gasteiger partial charge is 0.356 e. The summed E-state index contributed by atoms with van der Waals surface area (Å²) in [4.78, 5) is 37.5. The van der Waals surface area contributed by atoms with Crippen LogP contribution in [-0.4, -0.2) is 35.8 Å². The topological polar surface area (TPSA) is 87.8 Å². The molecule has 1 aromatic rings. The molecule has 6 nitrogen and oxygen atoms in total. The molecule has 172 valence electrons. The standard InChI is InChI=1S/C26H34N2O4/c1-2-3-4-5-6-7-11-14-24(30)28-22(17-20-12-9-8-10-13-20)25(31)27-21-15-16-23(29)26(18-21)19-32-26/h8-10,12-13,15-16,18,22H,2-7,11,14,17,19H2,1H3,(H,27,31)(H,28,30)/t22-,26?/m1/s1. The Labute approximate surface area is 190 Å². The zero-order valence-electron chi connectivity index (χ0n) is 18.9. The van der Waals surface area contributed by atoms with Gasteiger partial charge in [-0.05, 0) is 30.2 Å². The first-order valence-corrected chi connectivity index (χ1v) is 11.8. The van der Waals surface area contributed by atoms with Gasteiger partial charge in [0.25, 0.3) is 0 Å². The fourth-order valence-corrected chi connectivity index (χ4v) is 3.86. The number of hydrogen-bond donors (Lipinski definition) is 2. The third-order valence-electron chi connectivity index (χ3n) is 5.88. The van der Waals surface area contributed by atoms with Gasteiger partial charge in [-0.1, -0.05) is 75.8 Å². The van der Waals surface area contributed by atoms with Crippen LogP contribution in [0.1, 0.15) is 63.9 Å². The van der Waals surface area contributed by atoms with Crippen LogP contribution in [0.4, 0.5) is 0 Å². The second-order valence-corrected chi connectivity index (χ2v) is 8.65. The van der Waals surface area contributed by atoms with Crippen molar-refractivity contribution in [3.05, 3.63) is 59.8 Å². The Morgan fingerprint density at radius 2 is 1.72 bits per heavy atom. The predicted octanol–water partition coefficient (Wildman–Crippen LogP) is 3.76. The summed E-state index contributed by atoms with van der Waals surface area (Å²) in [5, 5.41) is 5.76. The summed E-state index contributed by atoms with van der Waals surface area (Å²) in [6.07, 6.45) is 13.4. The average Bonchev–Trinajstić information content (AvgIpc) is 3.56. The number of nitrogens with one attached hydrogen (secondary N) is 2. The third-order valence-corrected chi connectivity index (χ3v) is 5.88. The predicted molar refractivity (Wildman–Crippen MR) is 124 cm³/mol. The van der Waals surface area contributed by atoms with Gasteiger partial charge in [0.05, 0.1) is 6.61 Å². The van der Waals surface area contributed by atoms with E-state index in [2.05, 4.69) is 17.6 Å². The second kappa shape index (κ2) is 11.8. The van der Waals surface area contributed by atoms with Crippen LogP contribution in [0.3, 0.4) is 0 Å². The highest BCUT2D eigenvalue weighted by molar-refractivity contribution is 6.03. The fourth-order valence-electron chi connectivity index (χ4n) is 3.86. The van der Waals surface area contributed by atoms with Gasteiger partial charge in [-0.3, -0.25) is 14.4 Å². The first-order valence-electron chi connectivity index (χ1n) is 11.8. The molecule has 1 heterocycles. The van der Waals surface area contributed by atoms with E-state index in [1.165, 1.54) is 31.8 Å². The second-order valence-electron chi connectivity index (χ2n) is 8.65. The maximum absolute atomic E-state index is 13.0. The molecule has 2 aliphatic rings. The summed E-state index contributed by atoms with van der Waals surface area (Å²) in [6.45, 7) is 2.53. The van der Waals surface area contributed by atoms with Crippen LogP contribution in [0.15, 0.2) is 54.3 Å². The Hall–Kier alpha value is -2.73. The zero-order valence-corrected chi connectivity index (χ0v) is 18.9. The molecule has 0 radical (unpaired) electrons. The molecular formula is C26H34N2O4. The molecular weight excluding hydrogens is 404 g/mol. The van der Waals surface area contributed by atoms with Crippen molar-refractivity contribution in [1.29, 1.82) is 0 Å². The van der Waals surface area contributed by atoms with Gasteiger partial charge in [0, 0.05) is 18.5 Å². The molecule has 32 heavy (non-hydrogen) atoms. The Morgan fingerprint density at radius 1 is 1.03 bits per heavy atom. The van der Waals surface area contributed by atoms with E-state index in [-0.39, 0.29) is 17.6 Å². The van der Waals surface area contributed by atoms with Crippen molar-refractivity contribution >= 4 is 17.6 Å². The monoisotopic (exact) mass is 438 g/mol. The van der Waals surface area contributed by atoms with E-state index in [9.17, 15) is 14.4 Å². The molecule has 0 aromatic heterocycles. The Bertz CT molecular complexity index is 856. The van der Waals surface area contributed by atoms with E-state index in [1.54, 1.807) is 12.2 Å². The van der Waals surface area contributed by atoms with Gasteiger partial charge in [-0.25, -0.2) is 0 Å². The van der Waals surface area contributed by atoms with Crippen LogP contribution in [0.25, 0.3) is 0 Å². The Morgan fingerprint density at radius 3 is 2.41 bits per heavy atom. The minimum atomic E-state index is -0.910. The molecule has 0 saturated carbocycles. The summed E-state index contributed by atoms with van der Waals surface area (Å²) in [6, 6.07) is 8.93. The molecule has 1 aromatic carbocycles. The van der Waals surface area contributed by atoms with Gasteiger partial charge in [-0.2, -0.15) is 0 Å². The van der Waals surface area contributed by atoms with E-state index in [1.807, 2.05) is 30.3 Å². The van der Waals surface area contributed by atoms with Crippen molar-refractivity contribution in [3.63, 3.8) is 0 Å². The molecule has 2 amide bonds. The number of hydrogen-bond acceptors (Lipinski definition) is 4. The van der Waals surface area contributed by atoms with Gasteiger partial charge < -0.3 is 15.4 Å². The first kappa shape index (κ1) is 23.9. The molecule has 1 fully saturated rings. The van der Waals surface area contributed by atoms with Crippen LogP contribution in [-0.2, 0) is 25.5 Å². The fraction of sp³-hybridized carbons (Fsp3) is 0.500. The van der Waals surface area contributed by atoms with E-state index < -0.39 is 11.6 Å². The van der Waals surface area contributed by atoms with Crippen LogP contribution in [0.5, 0.6) is 0 Å². The number of carbonyl (C=O) groups excluding carboxylic acids is 3. The molecule has 1 aliphatic heterocycles. The van der Waals surface area contributed by atoms with Crippen molar-refractivity contribution < 1.29 is 19.1 Å². The molecule has 1 aliphatic carbocycles. The highest BCUT2D eigenvalue weighted by atomic mass is 16.6. The maximum atomic E-state index is 13.0. The number of benzene rings is 1. The van der Waals surface area contributed by atoms with Crippen LogP contribution < -0.4 is 10.6 Å². The van der Waals surface area contributed by atoms with Crippen LogP contribution >= 0.6 is 0 Å². The van der Waals surface area contributed by atoms with Crippen LogP contribution in [0.2, 0.25) is 0 Å². The van der Waals surface area contributed by atoms with Gasteiger partial charge >= 0.3 is 0 Å². The summed E-state index contributed by atoms with van der Waals surface area (Å²) in [5.41, 5.74) is 0.577. The highest BCUT2D eigenvalue weighted by Gasteiger charge is 2.50. The number of unbranched alkanes of at least 4 members (excludes halogenated alkanes) is 6. The molecule has 1 saturated heterocycles. The van der Waals surface area contributed by atoms with E-state index in [4.69, 9.17) is 4.74 Å². The van der Waals surface area contributed by atoms with Gasteiger partial charge in [0.15, 0.2) is 11.4 Å². The van der Waals surface area contributed by atoms with Crippen molar-refractivity contribution in [2.24, 2.45) is 0 Å². The molecule has 1 spiro atoms. The zero-order chi connectivity index (χ0) is 22.8. The number of epoxide rings is 1. The summed E-state index contributed by atoms with van der Waals surface area (Å²) in [7, 11) is 0. The van der Waals surface area contributed by atoms with Crippen molar-refractivity contribution in [2.75, 3.05) is 6.61 Å². The molecule has 0 bridgehead atoms. The summed E-state index contributed by atoms with van der Waals surface area (Å²) < 4.78 is 5.27. The number of ketones is 1. The van der Waals surface area contributed by atoms with E-state index in [0.717, 1.165) is 24.8 Å². The van der Waals surface area contributed by atoms with Crippen LogP contribution in [0, 0.1) is 0 Å². The lowest BCUT2D eigenvalue weighted by Crippen LogP contribution is -2.48. The first-order chi connectivity index (χ1) is 15.5. The normalized spacial score (nSPS) is 20.0. The van der Waals surface area contributed by atoms with E-state index >= 15 is 0 Å². The molecule has 2 N–H and O–H groups in total. The minimum absolute atomic E-state index is 0.111. The third kappa shape index (κ3) is 7.16. The smallest absolute Gasteiger partial charge is 0.247 e. The maximum Gasteiger partial charge on any atom is 0.247 e. The molecule has 2 atom stereocenters. The van der Waals surface area contributed by atoms with Crippen molar-refractivity contribution in [2.45, 2.75) is 76.4 Å². The number of carbonyl (C=O) groups is 3. The summed E-state index contributed by atoms with van der Waals surface area (Å²) >= 11 is 0. The lowest BCUT2D eigenvalue weighted by Gasteiger charge is -2.20. The minimum Gasteiger partial charge on any atom is -0.356 e. The number of amides is 2. The van der Waals surface area contributed by atoms with Gasteiger partial charge in [0.1, 0.15) is 6.04 Å². The number of rotatable bonds is 13. The SMILES string of the molecule is CCCCCCCCCC(=O)N[C@H](Cc1ccccc1)C(=O)NC1=CC2(CO2)C(=O)C=C1. The van der Waals surface area contributed by atoms with Gasteiger partial charge in [0.2, 0.25) is 11.8 Å². The molecule has 3 rings (SSSR count). The molecule has 1 unspecified atom stereocenters. The Kier molecular flexibility index (Phi) is 8.80. The molecule has 6 heteroatoms.